The van der Waals surface area contributed by atoms with Gasteiger partial charge in [-0.25, -0.2) is 4.79 Å². The quantitative estimate of drug-likeness (QED) is 0.377. The fraction of sp³-hybridized carbons (Fsp3) is 0.273. The fourth-order valence-electron chi connectivity index (χ4n) is 6.18. The molecule has 0 saturated heterocycles. The number of aryl methyl sites for hydroxylation is 2. The summed E-state index contributed by atoms with van der Waals surface area (Å²) in [5.74, 6) is 0.0926. The molecule has 0 bridgehead atoms. The highest BCUT2D eigenvalue weighted by Gasteiger charge is 2.62. The van der Waals surface area contributed by atoms with Crippen LogP contribution in [0, 0.1) is 13.8 Å². The maximum Gasteiger partial charge on any atom is 0.335 e. The van der Waals surface area contributed by atoms with Gasteiger partial charge in [0, 0.05) is 28.9 Å². The minimum atomic E-state index is -1.31. The summed E-state index contributed by atoms with van der Waals surface area (Å²) in [7, 11) is 1.38. The van der Waals surface area contributed by atoms with E-state index in [1.165, 1.54) is 7.11 Å². The third kappa shape index (κ3) is 3.31. The monoisotopic (exact) mass is 505 g/mol. The summed E-state index contributed by atoms with van der Waals surface area (Å²) in [5, 5.41) is 0. The first kappa shape index (κ1) is 24.2. The van der Waals surface area contributed by atoms with Gasteiger partial charge in [0.05, 0.1) is 12.7 Å². The highest BCUT2D eigenvalue weighted by molar-refractivity contribution is 6.25. The Morgan fingerprint density at radius 1 is 1.03 bits per heavy atom. The lowest BCUT2D eigenvalue weighted by Gasteiger charge is -2.35. The lowest BCUT2D eigenvalue weighted by Crippen LogP contribution is -2.44. The van der Waals surface area contributed by atoms with Gasteiger partial charge in [0.2, 0.25) is 5.91 Å². The molecule has 6 rings (SSSR count). The van der Waals surface area contributed by atoms with E-state index < -0.39 is 17.5 Å². The van der Waals surface area contributed by atoms with Gasteiger partial charge in [-0.15, -0.1) is 0 Å². The molecule has 3 aromatic carbocycles. The molecule has 1 spiro atoms. The number of carbonyl (C=O) groups is 2. The van der Waals surface area contributed by atoms with Crippen LogP contribution in [0.1, 0.15) is 53.7 Å². The largest absolute Gasteiger partial charge is 0.480 e. The SMILES string of the molecule is CCCCN1C(=O)C2(C(C(=O)OC)=CC3=C2c2ccccc2OC3c2ccc(C)cc2)c2cc(C)ccc21. The van der Waals surface area contributed by atoms with Crippen LogP contribution in [0.15, 0.2) is 84.0 Å². The molecule has 0 aromatic heterocycles. The minimum Gasteiger partial charge on any atom is -0.480 e. The lowest BCUT2D eigenvalue weighted by atomic mass is 9.68. The summed E-state index contributed by atoms with van der Waals surface area (Å²) < 4.78 is 11.9. The van der Waals surface area contributed by atoms with E-state index in [4.69, 9.17) is 9.47 Å². The van der Waals surface area contributed by atoms with Crippen LogP contribution in [0.4, 0.5) is 5.69 Å². The third-order valence-electron chi connectivity index (χ3n) is 7.98. The number of benzene rings is 3. The first-order valence-electron chi connectivity index (χ1n) is 13.2. The normalized spacial score (nSPS) is 21.2. The van der Waals surface area contributed by atoms with Crippen LogP contribution in [-0.4, -0.2) is 25.5 Å². The van der Waals surface area contributed by atoms with Crippen molar-refractivity contribution in [2.24, 2.45) is 0 Å². The van der Waals surface area contributed by atoms with E-state index in [0.717, 1.165) is 57.5 Å². The molecule has 38 heavy (non-hydrogen) atoms. The van der Waals surface area contributed by atoms with Gasteiger partial charge in [0.1, 0.15) is 17.3 Å². The van der Waals surface area contributed by atoms with Crippen molar-refractivity contribution in [3.8, 4) is 5.75 Å². The van der Waals surface area contributed by atoms with Crippen molar-refractivity contribution in [1.82, 2.24) is 0 Å². The summed E-state index contributed by atoms with van der Waals surface area (Å²) in [6, 6.07) is 22.1. The number of amides is 1. The maximum absolute atomic E-state index is 14.8. The molecule has 5 nitrogen and oxygen atoms in total. The Bertz CT molecular complexity index is 1530. The van der Waals surface area contributed by atoms with E-state index >= 15 is 0 Å². The van der Waals surface area contributed by atoms with E-state index in [0.29, 0.717) is 17.9 Å². The van der Waals surface area contributed by atoms with E-state index in [9.17, 15) is 9.59 Å². The molecular formula is C33H31NO4. The van der Waals surface area contributed by atoms with Crippen molar-refractivity contribution in [2.75, 3.05) is 18.6 Å². The average molecular weight is 506 g/mol. The molecule has 2 unspecified atom stereocenters. The van der Waals surface area contributed by atoms with Gasteiger partial charge < -0.3 is 14.4 Å². The summed E-state index contributed by atoms with van der Waals surface area (Å²) in [6.45, 7) is 6.77. The number of hydrogen-bond donors (Lipinski definition) is 0. The zero-order valence-corrected chi connectivity index (χ0v) is 22.2. The molecule has 1 aliphatic carbocycles. The van der Waals surface area contributed by atoms with Crippen molar-refractivity contribution in [1.29, 1.82) is 0 Å². The summed E-state index contributed by atoms with van der Waals surface area (Å²) in [5.41, 5.74) is 6.35. The first-order chi connectivity index (χ1) is 18.4. The molecular weight excluding hydrogens is 474 g/mol. The molecule has 0 radical (unpaired) electrons. The number of fused-ring (bicyclic) bond motifs is 5. The van der Waals surface area contributed by atoms with Crippen molar-refractivity contribution < 1.29 is 19.1 Å². The number of methoxy groups -OCH3 is 1. The van der Waals surface area contributed by atoms with Crippen LogP contribution >= 0.6 is 0 Å². The predicted octanol–water partition coefficient (Wildman–Crippen LogP) is 6.39. The lowest BCUT2D eigenvalue weighted by molar-refractivity contribution is -0.138. The molecule has 2 heterocycles. The number of para-hydroxylation sites is 1. The average Bonchev–Trinajstić information content (AvgIpc) is 3.41. The molecule has 5 heteroatoms. The molecule has 0 saturated carbocycles. The Hall–Kier alpha value is -4.12. The van der Waals surface area contributed by atoms with Crippen LogP contribution in [0.3, 0.4) is 0 Å². The number of ether oxygens (including phenoxy) is 2. The fourth-order valence-corrected chi connectivity index (χ4v) is 6.18. The zero-order valence-electron chi connectivity index (χ0n) is 22.2. The molecule has 3 aromatic rings. The third-order valence-corrected chi connectivity index (χ3v) is 7.98. The smallest absolute Gasteiger partial charge is 0.335 e. The van der Waals surface area contributed by atoms with Crippen molar-refractivity contribution in [2.45, 2.75) is 45.1 Å². The number of esters is 1. The Kier molecular flexibility index (Phi) is 5.75. The maximum atomic E-state index is 14.8. The first-order valence-corrected chi connectivity index (χ1v) is 13.2. The van der Waals surface area contributed by atoms with Gasteiger partial charge in [-0.1, -0.05) is 79.1 Å². The van der Waals surface area contributed by atoms with Crippen molar-refractivity contribution in [3.63, 3.8) is 0 Å². The number of hydrogen-bond acceptors (Lipinski definition) is 4. The molecule has 0 fully saturated rings. The van der Waals surface area contributed by atoms with Crippen LogP contribution in [0.5, 0.6) is 5.75 Å². The van der Waals surface area contributed by atoms with Gasteiger partial charge >= 0.3 is 5.97 Å². The number of anilines is 1. The second-order valence-corrected chi connectivity index (χ2v) is 10.4. The molecule has 0 N–H and O–H groups in total. The van der Waals surface area contributed by atoms with Crippen LogP contribution in [-0.2, 0) is 19.7 Å². The summed E-state index contributed by atoms with van der Waals surface area (Å²) >= 11 is 0. The van der Waals surface area contributed by atoms with Crippen LogP contribution < -0.4 is 9.64 Å². The van der Waals surface area contributed by atoms with E-state index in [-0.39, 0.29) is 5.91 Å². The van der Waals surface area contributed by atoms with Gasteiger partial charge in [-0.2, -0.15) is 0 Å². The molecule has 3 aliphatic rings. The Labute approximate surface area is 223 Å². The van der Waals surface area contributed by atoms with Gasteiger partial charge in [-0.3, -0.25) is 4.79 Å². The number of carbonyl (C=O) groups excluding carboxylic acids is 2. The molecule has 192 valence electrons. The zero-order chi connectivity index (χ0) is 26.6. The number of rotatable bonds is 5. The van der Waals surface area contributed by atoms with E-state index in [1.54, 1.807) is 0 Å². The predicted molar refractivity (Wildman–Crippen MR) is 148 cm³/mol. The van der Waals surface area contributed by atoms with Crippen LogP contribution in [0.25, 0.3) is 5.57 Å². The van der Waals surface area contributed by atoms with Gasteiger partial charge in [-0.05, 0) is 49.6 Å². The Morgan fingerprint density at radius 3 is 2.50 bits per heavy atom. The van der Waals surface area contributed by atoms with Crippen LogP contribution in [0.2, 0.25) is 0 Å². The second-order valence-electron chi connectivity index (χ2n) is 10.4. The highest BCUT2D eigenvalue weighted by Crippen LogP contribution is 2.62. The number of unbranched alkanes of at least 4 members (excludes halogenated alkanes) is 1. The van der Waals surface area contributed by atoms with Gasteiger partial charge in [0.15, 0.2) is 0 Å². The van der Waals surface area contributed by atoms with Crippen molar-refractivity contribution in [3.05, 3.63) is 112 Å². The minimum absolute atomic E-state index is 0.104. The second kappa shape index (κ2) is 9.02. The standard InChI is InChI=1S/C33H31NO4/c1-5-6-17-34-27-16-13-21(3)18-25(27)33(32(34)36)26(31(35)37-4)19-24-29(33)23-9-7-8-10-28(23)38-30(24)22-14-11-20(2)12-15-22/h7-16,18-19,30H,5-6,17H2,1-4H3. The topological polar surface area (TPSA) is 55.8 Å². The summed E-state index contributed by atoms with van der Waals surface area (Å²) in [6.07, 6.45) is 3.21. The highest BCUT2D eigenvalue weighted by atomic mass is 16.5. The van der Waals surface area contributed by atoms with E-state index in [1.807, 2.05) is 61.2 Å². The Balaban J connectivity index is 1.69. The molecule has 1 amide bonds. The van der Waals surface area contributed by atoms with Gasteiger partial charge in [0.25, 0.3) is 0 Å². The molecule has 2 atom stereocenters. The summed E-state index contributed by atoms with van der Waals surface area (Å²) in [4.78, 5) is 30.2. The van der Waals surface area contributed by atoms with Crippen molar-refractivity contribution >= 4 is 23.1 Å². The number of nitrogens with zero attached hydrogens (tertiary/aromatic N) is 1. The van der Waals surface area contributed by atoms with E-state index in [2.05, 4.69) is 37.3 Å². The molecule has 2 aliphatic heterocycles. The Morgan fingerprint density at radius 2 is 1.76 bits per heavy atom.